The van der Waals surface area contributed by atoms with Crippen LogP contribution in [0.1, 0.15) is 44.1 Å². The highest BCUT2D eigenvalue weighted by molar-refractivity contribution is 5.91. The number of carbonyl (C=O) groups excluding carboxylic acids is 1. The molecule has 1 heterocycles. The smallest absolute Gasteiger partial charge is 0.303 e. The predicted molar refractivity (Wildman–Crippen MR) is 90.3 cm³/mol. The summed E-state index contributed by atoms with van der Waals surface area (Å²) in [7, 11) is 0. The SMILES string of the molecule is CC1=CC(CNC(=O)c2cnccn2)C(C(C)C)CC1CC(=O)O. The fourth-order valence-electron chi connectivity index (χ4n) is 3.44. The van der Waals surface area contributed by atoms with Crippen molar-refractivity contribution in [2.75, 3.05) is 6.54 Å². The summed E-state index contributed by atoms with van der Waals surface area (Å²) in [6, 6.07) is 0. The quantitative estimate of drug-likeness (QED) is 0.782. The van der Waals surface area contributed by atoms with Crippen LogP contribution in [0, 0.1) is 23.7 Å². The molecule has 130 valence electrons. The molecule has 0 spiro atoms. The van der Waals surface area contributed by atoms with Crippen molar-refractivity contribution in [2.24, 2.45) is 23.7 Å². The Morgan fingerprint density at radius 3 is 2.71 bits per heavy atom. The van der Waals surface area contributed by atoms with E-state index in [9.17, 15) is 9.59 Å². The number of carbonyl (C=O) groups is 2. The minimum atomic E-state index is -0.760. The number of carboxylic acid groups (broad SMARTS) is 1. The summed E-state index contributed by atoms with van der Waals surface area (Å²) in [5.41, 5.74) is 1.41. The molecule has 3 unspecified atom stereocenters. The third kappa shape index (κ3) is 4.63. The molecule has 1 amide bonds. The Hall–Kier alpha value is -2.24. The molecule has 0 radical (unpaired) electrons. The minimum absolute atomic E-state index is 0.0850. The summed E-state index contributed by atoms with van der Waals surface area (Å²) in [6.07, 6.45) is 7.62. The van der Waals surface area contributed by atoms with E-state index in [2.05, 4.69) is 35.2 Å². The Balaban J connectivity index is 2.05. The average molecular weight is 331 g/mol. The molecule has 0 saturated carbocycles. The van der Waals surface area contributed by atoms with Crippen molar-refractivity contribution >= 4 is 11.9 Å². The molecule has 2 N–H and O–H groups in total. The molecule has 1 aromatic rings. The minimum Gasteiger partial charge on any atom is -0.481 e. The zero-order valence-electron chi connectivity index (χ0n) is 14.4. The number of carboxylic acids is 1. The lowest BCUT2D eigenvalue weighted by atomic mass is 9.70. The fourth-order valence-corrected chi connectivity index (χ4v) is 3.44. The van der Waals surface area contributed by atoms with Crippen molar-refractivity contribution in [3.05, 3.63) is 35.9 Å². The number of aliphatic carboxylic acids is 1. The van der Waals surface area contributed by atoms with Gasteiger partial charge in [-0.3, -0.25) is 14.6 Å². The largest absolute Gasteiger partial charge is 0.481 e. The molecule has 0 aromatic carbocycles. The van der Waals surface area contributed by atoms with Gasteiger partial charge in [0.2, 0.25) is 0 Å². The van der Waals surface area contributed by atoms with Gasteiger partial charge in [-0.05, 0) is 37.0 Å². The number of rotatable bonds is 6. The lowest BCUT2D eigenvalue weighted by molar-refractivity contribution is -0.138. The predicted octanol–water partition coefficient (Wildman–Crippen LogP) is 2.54. The summed E-state index contributed by atoms with van der Waals surface area (Å²) in [5.74, 6) is 0.0655. The number of hydrogen-bond donors (Lipinski definition) is 2. The third-order valence-corrected chi connectivity index (χ3v) is 4.80. The molecule has 1 aliphatic carbocycles. The van der Waals surface area contributed by atoms with E-state index >= 15 is 0 Å². The van der Waals surface area contributed by atoms with E-state index in [0.717, 1.165) is 12.0 Å². The van der Waals surface area contributed by atoms with Gasteiger partial charge in [-0.2, -0.15) is 0 Å². The van der Waals surface area contributed by atoms with E-state index < -0.39 is 5.97 Å². The summed E-state index contributed by atoms with van der Waals surface area (Å²) in [4.78, 5) is 31.1. The Labute approximate surface area is 142 Å². The van der Waals surface area contributed by atoms with Gasteiger partial charge in [-0.25, -0.2) is 4.98 Å². The van der Waals surface area contributed by atoms with Gasteiger partial charge in [0.1, 0.15) is 5.69 Å². The van der Waals surface area contributed by atoms with Crippen LogP contribution in [0.25, 0.3) is 0 Å². The molecule has 0 bridgehead atoms. The number of nitrogens with zero attached hydrogens (tertiary/aromatic N) is 2. The van der Waals surface area contributed by atoms with Gasteiger partial charge < -0.3 is 10.4 Å². The van der Waals surface area contributed by atoms with Crippen LogP contribution in [-0.4, -0.2) is 33.5 Å². The van der Waals surface area contributed by atoms with Crippen LogP contribution in [0.4, 0.5) is 0 Å². The summed E-state index contributed by atoms with van der Waals surface area (Å²) < 4.78 is 0. The number of amides is 1. The first-order valence-electron chi connectivity index (χ1n) is 8.32. The molecule has 2 rings (SSSR count). The van der Waals surface area contributed by atoms with Crippen LogP contribution in [0.3, 0.4) is 0 Å². The standard InChI is InChI=1S/C18H25N3O3/c1-11(2)15-7-13(8-17(22)23)12(3)6-14(15)9-21-18(24)16-10-19-4-5-20-16/h4-6,10-11,13-15H,7-9H2,1-3H3,(H,21,24)(H,22,23). The highest BCUT2D eigenvalue weighted by Crippen LogP contribution is 2.38. The lowest BCUT2D eigenvalue weighted by Gasteiger charge is -2.36. The fraction of sp³-hybridized carbons (Fsp3) is 0.556. The lowest BCUT2D eigenvalue weighted by Crippen LogP contribution is -2.37. The second-order valence-corrected chi connectivity index (χ2v) is 6.81. The Kier molecular flexibility index (Phi) is 6.06. The van der Waals surface area contributed by atoms with Crippen molar-refractivity contribution in [1.82, 2.24) is 15.3 Å². The third-order valence-electron chi connectivity index (χ3n) is 4.80. The summed E-state index contributed by atoms with van der Waals surface area (Å²) in [6.45, 7) is 6.81. The molecule has 0 aliphatic heterocycles. The van der Waals surface area contributed by atoms with E-state index in [-0.39, 0.29) is 24.2 Å². The van der Waals surface area contributed by atoms with Crippen LogP contribution < -0.4 is 5.32 Å². The van der Waals surface area contributed by atoms with Crippen molar-refractivity contribution in [1.29, 1.82) is 0 Å². The number of allylic oxidation sites excluding steroid dienone is 1. The van der Waals surface area contributed by atoms with E-state index in [1.807, 2.05) is 6.92 Å². The van der Waals surface area contributed by atoms with Crippen molar-refractivity contribution in [3.8, 4) is 0 Å². The molecule has 1 aromatic heterocycles. The van der Waals surface area contributed by atoms with E-state index in [1.54, 1.807) is 0 Å². The first-order valence-corrected chi connectivity index (χ1v) is 8.32. The van der Waals surface area contributed by atoms with Gasteiger partial charge in [0.15, 0.2) is 0 Å². The van der Waals surface area contributed by atoms with E-state index in [0.29, 0.717) is 24.1 Å². The van der Waals surface area contributed by atoms with Crippen LogP contribution >= 0.6 is 0 Å². The number of nitrogens with one attached hydrogen (secondary N) is 1. The highest BCUT2D eigenvalue weighted by atomic mass is 16.4. The first-order chi connectivity index (χ1) is 11.4. The second-order valence-electron chi connectivity index (χ2n) is 6.81. The van der Waals surface area contributed by atoms with Gasteiger partial charge in [-0.15, -0.1) is 0 Å². The first kappa shape index (κ1) is 18.1. The second kappa shape index (κ2) is 8.04. The summed E-state index contributed by atoms with van der Waals surface area (Å²) in [5, 5.41) is 12.0. The maximum Gasteiger partial charge on any atom is 0.303 e. The number of aromatic nitrogens is 2. The topological polar surface area (TPSA) is 92.2 Å². The monoisotopic (exact) mass is 331 g/mol. The Bertz CT molecular complexity index is 613. The van der Waals surface area contributed by atoms with Crippen LogP contribution in [-0.2, 0) is 4.79 Å². The molecule has 6 nitrogen and oxygen atoms in total. The Morgan fingerprint density at radius 2 is 2.12 bits per heavy atom. The molecule has 1 aliphatic rings. The molecule has 3 atom stereocenters. The van der Waals surface area contributed by atoms with Gasteiger partial charge in [0, 0.05) is 18.9 Å². The average Bonchev–Trinajstić information content (AvgIpc) is 2.54. The van der Waals surface area contributed by atoms with Gasteiger partial charge in [0.05, 0.1) is 12.6 Å². The molecule has 24 heavy (non-hydrogen) atoms. The summed E-state index contributed by atoms with van der Waals surface area (Å²) >= 11 is 0. The van der Waals surface area contributed by atoms with Crippen molar-refractivity contribution < 1.29 is 14.7 Å². The molecular weight excluding hydrogens is 306 g/mol. The maximum atomic E-state index is 12.1. The number of hydrogen-bond acceptors (Lipinski definition) is 4. The Morgan fingerprint density at radius 1 is 1.38 bits per heavy atom. The molecular formula is C18H25N3O3. The normalized spacial score (nSPS) is 23.7. The van der Waals surface area contributed by atoms with Crippen LogP contribution in [0.15, 0.2) is 30.2 Å². The molecule has 0 saturated heterocycles. The van der Waals surface area contributed by atoms with Gasteiger partial charge in [-0.1, -0.05) is 25.5 Å². The van der Waals surface area contributed by atoms with Crippen LogP contribution in [0.2, 0.25) is 0 Å². The van der Waals surface area contributed by atoms with E-state index in [4.69, 9.17) is 5.11 Å². The van der Waals surface area contributed by atoms with E-state index in [1.165, 1.54) is 18.6 Å². The van der Waals surface area contributed by atoms with Gasteiger partial charge in [0.25, 0.3) is 5.91 Å². The van der Waals surface area contributed by atoms with Crippen molar-refractivity contribution in [2.45, 2.75) is 33.6 Å². The highest BCUT2D eigenvalue weighted by Gasteiger charge is 2.32. The molecule has 6 heteroatoms. The van der Waals surface area contributed by atoms with Gasteiger partial charge >= 0.3 is 5.97 Å². The zero-order chi connectivity index (χ0) is 17.7. The van der Waals surface area contributed by atoms with Crippen LogP contribution in [0.5, 0.6) is 0 Å². The van der Waals surface area contributed by atoms with Crippen molar-refractivity contribution in [3.63, 3.8) is 0 Å². The zero-order valence-corrected chi connectivity index (χ0v) is 14.4. The molecule has 0 fully saturated rings. The maximum absolute atomic E-state index is 12.1.